The monoisotopic (exact) mass is 310 g/mol. The predicted octanol–water partition coefficient (Wildman–Crippen LogP) is 1.02. The first-order valence-electron chi connectivity index (χ1n) is 6.10. The number of nitrogens with zero attached hydrogens (tertiary/aromatic N) is 7. The number of hydrogen-bond acceptors (Lipinski definition) is 7. The summed E-state index contributed by atoms with van der Waals surface area (Å²) < 4.78 is 7.31. The Balaban J connectivity index is 2.00. The van der Waals surface area contributed by atoms with Crippen LogP contribution < -0.4 is 5.73 Å². The zero-order chi connectivity index (χ0) is 15.0. The number of aromatic nitrogens is 4. The molecule has 3 atom stereocenters. The van der Waals surface area contributed by atoms with Crippen molar-refractivity contribution < 1.29 is 9.84 Å². The fourth-order valence-corrected chi connectivity index (χ4v) is 2.57. The van der Waals surface area contributed by atoms with Crippen LogP contribution in [0.2, 0.25) is 5.15 Å². The van der Waals surface area contributed by atoms with Gasteiger partial charge in [-0.25, -0.2) is 4.98 Å². The number of anilines is 1. The van der Waals surface area contributed by atoms with Gasteiger partial charge in [-0.3, -0.25) is 4.57 Å². The summed E-state index contributed by atoms with van der Waals surface area (Å²) in [6.07, 6.45) is 0.843. The number of nitrogen functional groups attached to an aromatic ring is 1. The Hall–Kier alpha value is -2.13. The van der Waals surface area contributed by atoms with Crippen molar-refractivity contribution in [2.24, 2.45) is 5.11 Å². The zero-order valence-electron chi connectivity index (χ0n) is 10.7. The molecule has 1 saturated heterocycles. The van der Waals surface area contributed by atoms with Gasteiger partial charge in [-0.05, 0) is 5.53 Å². The van der Waals surface area contributed by atoms with Gasteiger partial charge in [-0.2, -0.15) is 9.97 Å². The highest BCUT2D eigenvalue weighted by atomic mass is 35.5. The van der Waals surface area contributed by atoms with Crippen LogP contribution in [0.15, 0.2) is 11.4 Å². The van der Waals surface area contributed by atoms with Gasteiger partial charge in [0.25, 0.3) is 0 Å². The van der Waals surface area contributed by atoms with Crippen molar-refractivity contribution in [3.8, 4) is 0 Å². The van der Waals surface area contributed by atoms with E-state index in [2.05, 4.69) is 25.0 Å². The summed E-state index contributed by atoms with van der Waals surface area (Å²) in [6, 6.07) is -0.461. The van der Waals surface area contributed by atoms with Gasteiger partial charge in [0.2, 0.25) is 5.95 Å². The van der Waals surface area contributed by atoms with Crippen LogP contribution in [0.5, 0.6) is 0 Å². The first kappa shape index (κ1) is 13.8. The van der Waals surface area contributed by atoms with E-state index in [1.165, 1.54) is 6.33 Å². The van der Waals surface area contributed by atoms with Crippen molar-refractivity contribution in [1.82, 2.24) is 19.5 Å². The molecule has 11 heteroatoms. The van der Waals surface area contributed by atoms with E-state index in [0.29, 0.717) is 17.6 Å². The summed E-state index contributed by atoms with van der Waals surface area (Å²) in [5.74, 6) is 0.0255. The molecule has 1 fully saturated rings. The van der Waals surface area contributed by atoms with Gasteiger partial charge >= 0.3 is 0 Å². The SMILES string of the molecule is [N-]=[N+]=NC1C[C@H](n2cnc3c(Cl)nc(N)nc32)OC1CO. The van der Waals surface area contributed by atoms with Crippen molar-refractivity contribution >= 4 is 28.7 Å². The van der Waals surface area contributed by atoms with E-state index in [9.17, 15) is 5.11 Å². The second kappa shape index (κ2) is 5.34. The minimum Gasteiger partial charge on any atom is -0.394 e. The number of fused-ring (bicyclic) bond motifs is 1. The van der Waals surface area contributed by atoms with E-state index in [-0.39, 0.29) is 17.7 Å². The van der Waals surface area contributed by atoms with Gasteiger partial charge < -0.3 is 15.6 Å². The maximum absolute atomic E-state index is 9.28. The quantitative estimate of drug-likeness (QED) is 0.374. The van der Waals surface area contributed by atoms with E-state index in [1.54, 1.807) is 4.57 Å². The zero-order valence-corrected chi connectivity index (χ0v) is 11.4. The molecule has 2 unspecified atom stereocenters. The molecule has 3 N–H and O–H groups in total. The number of halogens is 1. The summed E-state index contributed by atoms with van der Waals surface area (Å²) in [7, 11) is 0. The molecule has 0 saturated carbocycles. The van der Waals surface area contributed by atoms with Gasteiger partial charge in [-0.1, -0.05) is 16.7 Å². The van der Waals surface area contributed by atoms with E-state index < -0.39 is 18.4 Å². The molecular formula is C10H11ClN8O2. The lowest BCUT2D eigenvalue weighted by molar-refractivity contribution is -0.0232. The topological polar surface area (TPSA) is 148 Å². The van der Waals surface area contributed by atoms with Gasteiger partial charge in [0, 0.05) is 11.3 Å². The number of aliphatic hydroxyl groups excluding tert-OH is 1. The molecule has 1 aliphatic rings. The first-order chi connectivity index (χ1) is 10.1. The van der Waals surface area contributed by atoms with E-state index in [1.807, 2.05) is 0 Å². The first-order valence-corrected chi connectivity index (χ1v) is 6.48. The molecule has 0 aromatic carbocycles. The van der Waals surface area contributed by atoms with Crippen LogP contribution in [0.25, 0.3) is 21.6 Å². The molecule has 110 valence electrons. The highest BCUT2D eigenvalue weighted by molar-refractivity contribution is 6.33. The molecule has 0 radical (unpaired) electrons. The number of ether oxygens (including phenoxy) is 1. The van der Waals surface area contributed by atoms with Crippen LogP contribution in [-0.2, 0) is 4.74 Å². The molecule has 0 spiro atoms. The number of aliphatic hydroxyl groups is 1. The van der Waals surface area contributed by atoms with Crippen molar-refractivity contribution in [1.29, 1.82) is 0 Å². The molecule has 3 rings (SSSR count). The highest BCUT2D eigenvalue weighted by Crippen LogP contribution is 2.33. The maximum atomic E-state index is 9.28. The second-order valence-electron chi connectivity index (χ2n) is 4.52. The number of imidazole rings is 1. The smallest absolute Gasteiger partial charge is 0.223 e. The lowest BCUT2D eigenvalue weighted by atomic mass is 10.1. The second-order valence-corrected chi connectivity index (χ2v) is 4.87. The summed E-state index contributed by atoms with van der Waals surface area (Å²) >= 11 is 5.96. The average Bonchev–Trinajstić information content (AvgIpc) is 3.02. The molecule has 21 heavy (non-hydrogen) atoms. The highest BCUT2D eigenvalue weighted by Gasteiger charge is 2.36. The molecule has 0 aliphatic carbocycles. The summed E-state index contributed by atoms with van der Waals surface area (Å²) in [6.45, 7) is -0.245. The molecule has 3 heterocycles. The summed E-state index contributed by atoms with van der Waals surface area (Å²) in [4.78, 5) is 14.8. The number of hydrogen-bond donors (Lipinski definition) is 2. The van der Waals surface area contributed by atoms with E-state index >= 15 is 0 Å². The third-order valence-corrected chi connectivity index (χ3v) is 3.55. The van der Waals surface area contributed by atoms with Crippen LogP contribution in [0, 0.1) is 0 Å². The van der Waals surface area contributed by atoms with Crippen LogP contribution in [0.4, 0.5) is 5.95 Å². The van der Waals surface area contributed by atoms with Crippen LogP contribution in [-0.4, -0.2) is 43.4 Å². The van der Waals surface area contributed by atoms with Gasteiger partial charge in [0.05, 0.1) is 25.1 Å². The molecule has 2 aromatic heterocycles. The largest absolute Gasteiger partial charge is 0.394 e. The minimum atomic E-state index is -0.571. The third-order valence-electron chi connectivity index (χ3n) is 3.29. The Morgan fingerprint density at radius 1 is 1.62 bits per heavy atom. The Morgan fingerprint density at radius 2 is 2.43 bits per heavy atom. The number of nitrogens with two attached hydrogens (primary N) is 1. The maximum Gasteiger partial charge on any atom is 0.223 e. The van der Waals surface area contributed by atoms with Crippen LogP contribution >= 0.6 is 11.6 Å². The fraction of sp³-hybridized carbons (Fsp3) is 0.500. The van der Waals surface area contributed by atoms with Crippen molar-refractivity contribution in [3.05, 3.63) is 21.9 Å². The van der Waals surface area contributed by atoms with Crippen LogP contribution in [0.3, 0.4) is 0 Å². The van der Waals surface area contributed by atoms with Crippen LogP contribution in [0.1, 0.15) is 12.6 Å². The molecule has 2 aromatic rings. The minimum absolute atomic E-state index is 0.0255. The molecule has 0 bridgehead atoms. The Bertz CT molecular complexity index is 727. The van der Waals surface area contributed by atoms with E-state index in [4.69, 9.17) is 27.6 Å². The number of azide groups is 1. The molecular weight excluding hydrogens is 300 g/mol. The normalized spacial score (nSPS) is 25.1. The Labute approximate surface area is 123 Å². The van der Waals surface area contributed by atoms with Crippen molar-refractivity contribution in [3.63, 3.8) is 0 Å². The summed E-state index contributed by atoms with van der Waals surface area (Å²) in [5, 5.41) is 13.1. The van der Waals surface area contributed by atoms with Gasteiger partial charge in [0.15, 0.2) is 10.8 Å². The van der Waals surface area contributed by atoms with Gasteiger partial charge in [0.1, 0.15) is 11.7 Å². The predicted molar refractivity (Wildman–Crippen MR) is 73.3 cm³/mol. The average molecular weight is 311 g/mol. The molecule has 1 aliphatic heterocycles. The lowest BCUT2D eigenvalue weighted by Crippen LogP contribution is -2.22. The van der Waals surface area contributed by atoms with E-state index in [0.717, 1.165) is 0 Å². The summed E-state index contributed by atoms with van der Waals surface area (Å²) in [5.41, 5.74) is 15.0. The van der Waals surface area contributed by atoms with Crippen molar-refractivity contribution in [2.45, 2.75) is 24.8 Å². The van der Waals surface area contributed by atoms with Gasteiger partial charge in [-0.15, -0.1) is 0 Å². The standard InChI is InChI=1S/C10H11ClN8O2/c11-8-7-9(16-10(12)15-8)19(3-14-7)6-1-4(17-18-13)5(2-20)21-6/h3-6,20H,1-2H2,(H2,12,15,16)/t4?,5?,6-/m1/s1. The molecule has 0 amide bonds. The lowest BCUT2D eigenvalue weighted by Gasteiger charge is -2.13. The Morgan fingerprint density at radius 3 is 3.14 bits per heavy atom. The third kappa shape index (κ3) is 2.34. The number of rotatable bonds is 3. The fourth-order valence-electron chi connectivity index (χ4n) is 2.35. The molecule has 10 nitrogen and oxygen atoms in total. The van der Waals surface area contributed by atoms with Crippen molar-refractivity contribution in [2.75, 3.05) is 12.3 Å². The Kier molecular flexibility index (Phi) is 3.52.